The van der Waals surface area contributed by atoms with E-state index in [0.29, 0.717) is 5.41 Å². The SMILES string of the molecule is CC(C)C(C)CCC(C)C1CCC2C1CCC1C2CC=C2CC(O)CCC21C. The van der Waals surface area contributed by atoms with Gasteiger partial charge in [0.1, 0.15) is 0 Å². The number of aliphatic hydroxyl groups is 1. The van der Waals surface area contributed by atoms with Crippen molar-refractivity contribution >= 4 is 0 Å². The molecule has 160 valence electrons. The molecule has 0 saturated heterocycles. The Morgan fingerprint density at radius 2 is 1.71 bits per heavy atom. The molecule has 3 saturated carbocycles. The van der Waals surface area contributed by atoms with Crippen molar-refractivity contribution in [3.63, 3.8) is 0 Å². The van der Waals surface area contributed by atoms with Crippen LogP contribution in [0.25, 0.3) is 0 Å². The molecular formula is C27H46O. The first-order valence-electron chi connectivity index (χ1n) is 12.7. The fraction of sp³-hybridized carbons (Fsp3) is 0.926. The number of hydrogen-bond donors (Lipinski definition) is 1. The number of rotatable bonds is 5. The lowest BCUT2D eigenvalue weighted by atomic mass is 9.50. The first-order chi connectivity index (χ1) is 13.3. The van der Waals surface area contributed by atoms with E-state index in [1.54, 1.807) is 5.57 Å². The first-order valence-corrected chi connectivity index (χ1v) is 12.7. The highest BCUT2D eigenvalue weighted by molar-refractivity contribution is 5.24. The van der Waals surface area contributed by atoms with Crippen molar-refractivity contribution in [1.82, 2.24) is 0 Å². The van der Waals surface area contributed by atoms with Crippen molar-refractivity contribution in [2.45, 2.75) is 105 Å². The molecule has 0 aromatic rings. The summed E-state index contributed by atoms with van der Waals surface area (Å²) in [5.74, 6) is 7.47. The summed E-state index contributed by atoms with van der Waals surface area (Å²) in [6.45, 7) is 12.4. The molecule has 0 aliphatic heterocycles. The molecule has 0 aromatic heterocycles. The maximum atomic E-state index is 10.2. The van der Waals surface area contributed by atoms with Gasteiger partial charge in [-0.3, -0.25) is 0 Å². The molecule has 0 aromatic carbocycles. The fourth-order valence-corrected chi connectivity index (χ4v) is 8.12. The molecule has 28 heavy (non-hydrogen) atoms. The molecule has 0 heterocycles. The van der Waals surface area contributed by atoms with Gasteiger partial charge in [-0.2, -0.15) is 0 Å². The van der Waals surface area contributed by atoms with Gasteiger partial charge < -0.3 is 5.11 Å². The molecule has 1 heteroatoms. The lowest BCUT2D eigenvalue weighted by Gasteiger charge is -2.55. The van der Waals surface area contributed by atoms with Gasteiger partial charge in [0.25, 0.3) is 0 Å². The molecule has 0 bridgehead atoms. The van der Waals surface area contributed by atoms with Crippen LogP contribution in [0, 0.1) is 52.8 Å². The Labute approximate surface area is 174 Å². The molecule has 1 N–H and O–H groups in total. The second kappa shape index (κ2) is 8.09. The topological polar surface area (TPSA) is 20.2 Å². The average Bonchev–Trinajstić information content (AvgIpc) is 3.10. The molecule has 4 rings (SSSR count). The zero-order chi connectivity index (χ0) is 20.1. The summed E-state index contributed by atoms with van der Waals surface area (Å²) in [4.78, 5) is 0. The first kappa shape index (κ1) is 21.0. The summed E-state index contributed by atoms with van der Waals surface area (Å²) >= 11 is 0. The fourth-order valence-electron chi connectivity index (χ4n) is 8.12. The van der Waals surface area contributed by atoms with Crippen LogP contribution in [-0.2, 0) is 0 Å². The Morgan fingerprint density at radius 1 is 0.964 bits per heavy atom. The van der Waals surface area contributed by atoms with E-state index < -0.39 is 0 Å². The molecule has 9 unspecified atom stereocenters. The Bertz CT molecular complexity index is 577. The Balaban J connectivity index is 1.43. The number of aliphatic hydroxyl groups excluding tert-OH is 1. The Kier molecular flexibility index (Phi) is 6.05. The molecule has 0 amide bonds. The molecule has 0 spiro atoms. The van der Waals surface area contributed by atoms with E-state index in [1.807, 2.05) is 0 Å². The summed E-state index contributed by atoms with van der Waals surface area (Å²) < 4.78 is 0. The van der Waals surface area contributed by atoms with Crippen molar-refractivity contribution in [3.8, 4) is 0 Å². The van der Waals surface area contributed by atoms with Crippen LogP contribution in [0.5, 0.6) is 0 Å². The number of hydrogen-bond acceptors (Lipinski definition) is 1. The van der Waals surface area contributed by atoms with Crippen molar-refractivity contribution in [1.29, 1.82) is 0 Å². The van der Waals surface area contributed by atoms with Gasteiger partial charge >= 0.3 is 0 Å². The molecule has 4 aliphatic carbocycles. The zero-order valence-corrected chi connectivity index (χ0v) is 19.3. The highest BCUT2D eigenvalue weighted by Gasteiger charge is 2.54. The average molecular weight is 387 g/mol. The van der Waals surface area contributed by atoms with Crippen LogP contribution in [0.15, 0.2) is 11.6 Å². The highest BCUT2D eigenvalue weighted by Crippen LogP contribution is 2.63. The molecule has 9 atom stereocenters. The summed E-state index contributed by atoms with van der Waals surface area (Å²) in [6, 6.07) is 0. The van der Waals surface area contributed by atoms with Crippen LogP contribution >= 0.6 is 0 Å². The maximum Gasteiger partial charge on any atom is 0.0577 e. The normalized spacial score (nSPS) is 45.0. The summed E-state index contributed by atoms with van der Waals surface area (Å²) in [7, 11) is 0. The van der Waals surface area contributed by atoms with E-state index >= 15 is 0 Å². The van der Waals surface area contributed by atoms with E-state index in [0.717, 1.165) is 60.2 Å². The third-order valence-electron chi connectivity index (χ3n) is 10.4. The van der Waals surface area contributed by atoms with Crippen molar-refractivity contribution in [2.24, 2.45) is 52.8 Å². The summed E-state index contributed by atoms with van der Waals surface area (Å²) in [5, 5.41) is 10.2. The van der Waals surface area contributed by atoms with E-state index in [-0.39, 0.29) is 6.10 Å². The van der Waals surface area contributed by atoms with Crippen LogP contribution in [0.1, 0.15) is 98.8 Å². The highest BCUT2D eigenvalue weighted by atomic mass is 16.3. The maximum absolute atomic E-state index is 10.2. The molecule has 3 fully saturated rings. The lowest BCUT2D eigenvalue weighted by molar-refractivity contribution is -0.0153. The van der Waals surface area contributed by atoms with Gasteiger partial charge in [-0.1, -0.05) is 59.1 Å². The third-order valence-corrected chi connectivity index (χ3v) is 10.4. The smallest absolute Gasteiger partial charge is 0.0577 e. The van der Waals surface area contributed by atoms with Crippen LogP contribution in [0.2, 0.25) is 0 Å². The zero-order valence-electron chi connectivity index (χ0n) is 19.3. The Morgan fingerprint density at radius 3 is 2.46 bits per heavy atom. The molecular weight excluding hydrogens is 340 g/mol. The Hall–Kier alpha value is -0.300. The predicted octanol–water partition coefficient (Wildman–Crippen LogP) is 7.24. The van der Waals surface area contributed by atoms with Gasteiger partial charge in [0.2, 0.25) is 0 Å². The monoisotopic (exact) mass is 386 g/mol. The quantitative estimate of drug-likeness (QED) is 0.493. The molecule has 0 radical (unpaired) electrons. The van der Waals surface area contributed by atoms with E-state index in [1.165, 1.54) is 51.4 Å². The van der Waals surface area contributed by atoms with Crippen molar-refractivity contribution in [3.05, 3.63) is 11.6 Å². The van der Waals surface area contributed by atoms with Crippen molar-refractivity contribution in [2.75, 3.05) is 0 Å². The number of fused-ring (bicyclic) bond motifs is 5. The largest absolute Gasteiger partial charge is 0.393 e. The predicted molar refractivity (Wildman–Crippen MR) is 119 cm³/mol. The van der Waals surface area contributed by atoms with Gasteiger partial charge in [-0.05, 0) is 104 Å². The number of allylic oxidation sites excluding steroid dienone is 1. The van der Waals surface area contributed by atoms with Crippen LogP contribution in [-0.4, -0.2) is 11.2 Å². The van der Waals surface area contributed by atoms with Gasteiger partial charge in [0.05, 0.1) is 6.10 Å². The second-order valence-electron chi connectivity index (χ2n) is 12.0. The van der Waals surface area contributed by atoms with Crippen LogP contribution < -0.4 is 0 Å². The van der Waals surface area contributed by atoms with E-state index in [9.17, 15) is 5.11 Å². The molecule has 4 aliphatic rings. The van der Waals surface area contributed by atoms with Crippen LogP contribution in [0.3, 0.4) is 0 Å². The van der Waals surface area contributed by atoms with Gasteiger partial charge in [-0.25, -0.2) is 0 Å². The van der Waals surface area contributed by atoms with Gasteiger partial charge in [0.15, 0.2) is 0 Å². The van der Waals surface area contributed by atoms with Gasteiger partial charge in [0, 0.05) is 0 Å². The van der Waals surface area contributed by atoms with Crippen molar-refractivity contribution < 1.29 is 5.11 Å². The van der Waals surface area contributed by atoms with Crippen LogP contribution in [0.4, 0.5) is 0 Å². The van der Waals surface area contributed by atoms with E-state index in [2.05, 4.69) is 40.7 Å². The summed E-state index contributed by atoms with van der Waals surface area (Å²) in [5.41, 5.74) is 2.03. The van der Waals surface area contributed by atoms with Gasteiger partial charge in [-0.15, -0.1) is 0 Å². The third kappa shape index (κ3) is 3.63. The summed E-state index contributed by atoms with van der Waals surface area (Å²) in [6.07, 6.45) is 15.9. The minimum absolute atomic E-state index is 0.0721. The lowest BCUT2D eigenvalue weighted by Crippen LogP contribution is -2.47. The minimum Gasteiger partial charge on any atom is -0.393 e. The minimum atomic E-state index is -0.0721. The second-order valence-corrected chi connectivity index (χ2v) is 12.0. The van der Waals surface area contributed by atoms with E-state index in [4.69, 9.17) is 0 Å². The molecule has 1 nitrogen and oxygen atoms in total. The standard InChI is InChI=1S/C27H46O/c1-17(2)18(3)6-7-19(4)22-10-11-24-23(22)12-13-26-25(24)9-8-20-16-21(28)14-15-27(20,26)5/h8,17-19,21-26,28H,6-7,9-16H2,1-5H3.